The number of carboxylic acid groups (broad SMARTS) is 1. The second-order valence-electron chi connectivity index (χ2n) is 5.83. The molecule has 0 amide bonds. The van der Waals surface area contributed by atoms with Crippen LogP contribution >= 0.6 is 0 Å². The van der Waals surface area contributed by atoms with E-state index >= 15 is 0 Å². The van der Waals surface area contributed by atoms with Crippen LogP contribution < -0.4 is 0 Å². The summed E-state index contributed by atoms with van der Waals surface area (Å²) >= 11 is 0. The smallest absolute Gasteiger partial charge is 0.310 e. The fourth-order valence-electron chi connectivity index (χ4n) is 3.35. The molecule has 19 heavy (non-hydrogen) atoms. The molecule has 0 bridgehead atoms. The van der Waals surface area contributed by atoms with E-state index in [2.05, 4.69) is 18.2 Å². The molecule has 2 aliphatic rings. The molecule has 1 aliphatic carbocycles. The first-order valence-electron chi connectivity index (χ1n) is 7.11. The lowest BCUT2D eigenvalue weighted by molar-refractivity contribution is -0.154. The minimum absolute atomic E-state index is 0.567. The maximum Gasteiger partial charge on any atom is 0.310 e. The van der Waals surface area contributed by atoms with Gasteiger partial charge in [-0.2, -0.15) is 0 Å². The molecule has 0 saturated carbocycles. The average molecular weight is 260 g/mol. The Balaban J connectivity index is 1.84. The molecule has 0 spiro atoms. The Labute approximate surface area is 113 Å². The highest BCUT2D eigenvalue weighted by Gasteiger charge is 2.40. The molecule has 0 aromatic heterocycles. The van der Waals surface area contributed by atoms with E-state index in [0.717, 1.165) is 6.42 Å². The number of aryl methyl sites for hydroxylation is 2. The van der Waals surface area contributed by atoms with Gasteiger partial charge in [0.25, 0.3) is 0 Å². The molecule has 3 rings (SSSR count). The van der Waals surface area contributed by atoms with Crippen molar-refractivity contribution < 1.29 is 14.6 Å². The zero-order chi connectivity index (χ0) is 13.3. The van der Waals surface area contributed by atoms with Crippen molar-refractivity contribution in [2.75, 3.05) is 13.2 Å². The molecule has 0 unspecified atom stereocenters. The van der Waals surface area contributed by atoms with Crippen molar-refractivity contribution in [2.45, 2.75) is 38.5 Å². The molecule has 3 nitrogen and oxygen atoms in total. The average Bonchev–Trinajstić information content (AvgIpc) is 2.87. The molecule has 1 aromatic carbocycles. The van der Waals surface area contributed by atoms with Crippen LogP contribution in [-0.4, -0.2) is 24.3 Å². The van der Waals surface area contributed by atoms with Crippen LogP contribution in [0.15, 0.2) is 18.2 Å². The van der Waals surface area contributed by atoms with Crippen molar-refractivity contribution in [1.82, 2.24) is 0 Å². The topological polar surface area (TPSA) is 46.5 Å². The van der Waals surface area contributed by atoms with Crippen molar-refractivity contribution in [3.05, 3.63) is 34.9 Å². The summed E-state index contributed by atoms with van der Waals surface area (Å²) in [6.07, 6.45) is 5.44. The van der Waals surface area contributed by atoms with Gasteiger partial charge in [-0.1, -0.05) is 18.2 Å². The first kappa shape index (κ1) is 12.7. The quantitative estimate of drug-likeness (QED) is 0.908. The lowest BCUT2D eigenvalue weighted by Crippen LogP contribution is -2.39. The largest absolute Gasteiger partial charge is 0.481 e. The summed E-state index contributed by atoms with van der Waals surface area (Å²) in [6, 6.07) is 6.53. The first-order valence-corrected chi connectivity index (χ1v) is 7.11. The van der Waals surface area contributed by atoms with Crippen LogP contribution in [0.1, 0.15) is 36.0 Å². The van der Waals surface area contributed by atoms with Gasteiger partial charge in [-0.25, -0.2) is 0 Å². The first-order chi connectivity index (χ1) is 9.20. The van der Waals surface area contributed by atoms with Crippen LogP contribution in [0.3, 0.4) is 0 Å². The van der Waals surface area contributed by atoms with E-state index < -0.39 is 11.4 Å². The van der Waals surface area contributed by atoms with E-state index in [1.54, 1.807) is 0 Å². The lowest BCUT2D eigenvalue weighted by Gasteiger charge is -2.33. The Morgan fingerprint density at radius 2 is 1.95 bits per heavy atom. The highest BCUT2D eigenvalue weighted by molar-refractivity contribution is 5.75. The van der Waals surface area contributed by atoms with Gasteiger partial charge >= 0.3 is 5.97 Å². The van der Waals surface area contributed by atoms with E-state index in [1.165, 1.54) is 29.5 Å². The van der Waals surface area contributed by atoms with Crippen molar-refractivity contribution in [1.29, 1.82) is 0 Å². The van der Waals surface area contributed by atoms with Gasteiger partial charge in [-0.3, -0.25) is 4.79 Å². The van der Waals surface area contributed by atoms with Crippen LogP contribution in [0.5, 0.6) is 0 Å². The molecular weight excluding hydrogens is 240 g/mol. The Morgan fingerprint density at radius 1 is 1.21 bits per heavy atom. The molecule has 0 radical (unpaired) electrons. The maximum absolute atomic E-state index is 11.7. The molecule has 1 heterocycles. The van der Waals surface area contributed by atoms with Crippen molar-refractivity contribution in [3.63, 3.8) is 0 Å². The van der Waals surface area contributed by atoms with Crippen LogP contribution in [0.25, 0.3) is 0 Å². The number of carbonyl (C=O) groups is 1. The number of carboxylic acids is 1. The van der Waals surface area contributed by atoms with E-state index in [4.69, 9.17) is 4.74 Å². The highest BCUT2D eigenvalue weighted by Crippen LogP contribution is 2.35. The highest BCUT2D eigenvalue weighted by atomic mass is 16.5. The molecule has 3 heteroatoms. The fourth-order valence-corrected chi connectivity index (χ4v) is 3.35. The van der Waals surface area contributed by atoms with Crippen LogP contribution in [0.4, 0.5) is 0 Å². The minimum atomic E-state index is -0.670. The third-order valence-electron chi connectivity index (χ3n) is 4.61. The summed E-state index contributed by atoms with van der Waals surface area (Å²) in [5, 5.41) is 9.59. The van der Waals surface area contributed by atoms with Crippen molar-refractivity contribution in [3.8, 4) is 0 Å². The van der Waals surface area contributed by atoms with Gasteiger partial charge in [0.05, 0.1) is 5.41 Å². The van der Waals surface area contributed by atoms with E-state index in [-0.39, 0.29) is 0 Å². The second-order valence-corrected chi connectivity index (χ2v) is 5.83. The molecular formula is C16H20O3. The van der Waals surface area contributed by atoms with E-state index in [0.29, 0.717) is 32.5 Å². The Hall–Kier alpha value is -1.35. The summed E-state index contributed by atoms with van der Waals surface area (Å²) in [6.45, 7) is 1.13. The lowest BCUT2D eigenvalue weighted by atomic mass is 9.75. The normalized spacial score (nSPS) is 21.1. The SMILES string of the molecule is O=C(O)C1(Cc2ccc3c(c2)CCC3)CCOCC1. The summed E-state index contributed by atoms with van der Waals surface area (Å²) in [5.41, 5.74) is 3.42. The summed E-state index contributed by atoms with van der Waals surface area (Å²) < 4.78 is 5.32. The number of ether oxygens (including phenoxy) is 1. The van der Waals surface area contributed by atoms with Gasteiger partial charge in [-0.05, 0) is 55.2 Å². The summed E-state index contributed by atoms with van der Waals surface area (Å²) in [4.78, 5) is 11.7. The Morgan fingerprint density at radius 3 is 2.68 bits per heavy atom. The maximum atomic E-state index is 11.7. The van der Waals surface area contributed by atoms with Crippen molar-refractivity contribution >= 4 is 5.97 Å². The Kier molecular flexibility index (Phi) is 3.31. The zero-order valence-corrected chi connectivity index (χ0v) is 11.2. The molecule has 1 N–H and O–H groups in total. The third kappa shape index (κ3) is 2.39. The van der Waals surface area contributed by atoms with Gasteiger partial charge < -0.3 is 9.84 Å². The van der Waals surface area contributed by atoms with Crippen LogP contribution in [-0.2, 0) is 28.8 Å². The second kappa shape index (κ2) is 4.97. The van der Waals surface area contributed by atoms with Gasteiger partial charge in [-0.15, -0.1) is 0 Å². The van der Waals surface area contributed by atoms with Gasteiger partial charge in [0.2, 0.25) is 0 Å². The monoisotopic (exact) mass is 260 g/mol. The molecule has 1 aliphatic heterocycles. The standard InChI is InChI=1S/C16H20O3/c17-15(18)16(6-8-19-9-7-16)11-12-4-5-13-2-1-3-14(13)10-12/h4-5,10H,1-3,6-9,11H2,(H,17,18). The Bertz CT molecular complexity index is 487. The predicted octanol–water partition coefficient (Wildman–Crippen LogP) is 2.60. The number of hydrogen-bond donors (Lipinski definition) is 1. The number of fused-ring (bicyclic) bond motifs is 1. The fraction of sp³-hybridized carbons (Fsp3) is 0.562. The number of aliphatic carboxylic acids is 1. The van der Waals surface area contributed by atoms with E-state index in [9.17, 15) is 9.90 Å². The van der Waals surface area contributed by atoms with Crippen molar-refractivity contribution in [2.24, 2.45) is 5.41 Å². The molecule has 102 valence electrons. The van der Waals surface area contributed by atoms with Gasteiger partial charge in [0, 0.05) is 13.2 Å². The van der Waals surface area contributed by atoms with Crippen LogP contribution in [0, 0.1) is 5.41 Å². The van der Waals surface area contributed by atoms with Gasteiger partial charge in [0.1, 0.15) is 0 Å². The summed E-state index contributed by atoms with van der Waals surface area (Å²) in [5.74, 6) is -0.670. The molecule has 1 fully saturated rings. The number of hydrogen-bond acceptors (Lipinski definition) is 2. The number of benzene rings is 1. The number of rotatable bonds is 3. The predicted molar refractivity (Wildman–Crippen MR) is 72.3 cm³/mol. The molecule has 0 atom stereocenters. The molecule has 1 aromatic rings. The minimum Gasteiger partial charge on any atom is -0.481 e. The summed E-state index contributed by atoms with van der Waals surface area (Å²) in [7, 11) is 0. The zero-order valence-electron chi connectivity index (χ0n) is 11.2. The molecule has 1 saturated heterocycles. The third-order valence-corrected chi connectivity index (χ3v) is 4.61. The van der Waals surface area contributed by atoms with Gasteiger partial charge in [0.15, 0.2) is 0 Å². The van der Waals surface area contributed by atoms with Crippen LogP contribution in [0.2, 0.25) is 0 Å². The van der Waals surface area contributed by atoms with E-state index in [1.807, 2.05) is 0 Å².